The number of morpholine rings is 1. The maximum Gasteiger partial charge on any atom is 0.0890 e. The Hall–Kier alpha value is -1.52. The Morgan fingerprint density at radius 1 is 1.11 bits per heavy atom. The molecule has 0 amide bonds. The highest BCUT2D eigenvalue weighted by Gasteiger charge is 2.09. The van der Waals surface area contributed by atoms with Gasteiger partial charge in [-0.15, -0.1) is 0 Å². The Labute approximate surface area is 113 Å². The minimum absolute atomic E-state index is 0.871. The Morgan fingerprint density at radius 3 is 2.74 bits per heavy atom. The van der Waals surface area contributed by atoms with Crippen LogP contribution in [0.25, 0.3) is 11.0 Å². The molecule has 3 rings (SSSR count). The molecule has 19 heavy (non-hydrogen) atoms. The number of benzene rings is 1. The molecule has 0 radical (unpaired) electrons. The van der Waals surface area contributed by atoms with E-state index in [1.165, 1.54) is 0 Å². The zero-order chi connectivity index (χ0) is 12.9. The molecular weight excluding hydrogens is 238 g/mol. The van der Waals surface area contributed by atoms with Crippen molar-refractivity contribution in [3.63, 3.8) is 0 Å². The molecular formula is C15H19N3O. The first-order valence-corrected chi connectivity index (χ1v) is 6.92. The first-order chi connectivity index (χ1) is 9.42. The Balaban J connectivity index is 1.56. The summed E-state index contributed by atoms with van der Waals surface area (Å²) in [5.74, 6) is 0. The van der Waals surface area contributed by atoms with E-state index in [2.05, 4.69) is 14.9 Å². The van der Waals surface area contributed by atoms with E-state index in [-0.39, 0.29) is 0 Å². The van der Waals surface area contributed by atoms with Crippen LogP contribution in [0.15, 0.2) is 30.5 Å². The van der Waals surface area contributed by atoms with Gasteiger partial charge in [-0.2, -0.15) is 0 Å². The van der Waals surface area contributed by atoms with Gasteiger partial charge in [-0.3, -0.25) is 9.88 Å². The molecule has 0 N–H and O–H groups in total. The van der Waals surface area contributed by atoms with Crippen LogP contribution in [-0.2, 0) is 11.2 Å². The summed E-state index contributed by atoms with van der Waals surface area (Å²) in [5.41, 5.74) is 3.05. The third kappa shape index (κ3) is 3.28. The van der Waals surface area contributed by atoms with E-state index in [0.717, 1.165) is 62.4 Å². The van der Waals surface area contributed by atoms with Crippen molar-refractivity contribution in [2.45, 2.75) is 12.8 Å². The molecule has 1 fully saturated rings. The van der Waals surface area contributed by atoms with Crippen molar-refractivity contribution in [3.05, 3.63) is 36.2 Å². The number of rotatable bonds is 4. The monoisotopic (exact) mass is 257 g/mol. The number of hydrogen-bond acceptors (Lipinski definition) is 4. The average Bonchev–Trinajstić information content (AvgIpc) is 2.48. The fourth-order valence-corrected chi connectivity index (χ4v) is 2.42. The second-order valence-corrected chi connectivity index (χ2v) is 4.91. The third-order valence-corrected chi connectivity index (χ3v) is 3.51. The van der Waals surface area contributed by atoms with E-state index < -0.39 is 0 Å². The van der Waals surface area contributed by atoms with Gasteiger partial charge >= 0.3 is 0 Å². The highest BCUT2D eigenvalue weighted by Crippen LogP contribution is 2.10. The van der Waals surface area contributed by atoms with Crippen molar-refractivity contribution in [1.82, 2.24) is 14.9 Å². The quantitative estimate of drug-likeness (QED) is 0.838. The van der Waals surface area contributed by atoms with E-state index in [4.69, 9.17) is 4.74 Å². The van der Waals surface area contributed by atoms with Crippen molar-refractivity contribution in [2.24, 2.45) is 0 Å². The molecule has 0 atom stereocenters. The van der Waals surface area contributed by atoms with E-state index in [0.29, 0.717) is 0 Å². The van der Waals surface area contributed by atoms with Gasteiger partial charge in [0.25, 0.3) is 0 Å². The lowest BCUT2D eigenvalue weighted by atomic mass is 10.2. The fraction of sp³-hybridized carbons (Fsp3) is 0.467. The van der Waals surface area contributed by atoms with Crippen molar-refractivity contribution >= 4 is 11.0 Å². The molecule has 2 heterocycles. The van der Waals surface area contributed by atoms with Gasteiger partial charge in [0.05, 0.1) is 29.9 Å². The van der Waals surface area contributed by atoms with Gasteiger partial charge in [-0.05, 0) is 31.5 Å². The summed E-state index contributed by atoms with van der Waals surface area (Å²) in [6.45, 7) is 4.98. The van der Waals surface area contributed by atoms with E-state index >= 15 is 0 Å². The van der Waals surface area contributed by atoms with E-state index in [1.807, 2.05) is 30.5 Å². The predicted octanol–water partition coefficient (Wildman–Crippen LogP) is 1.89. The zero-order valence-corrected chi connectivity index (χ0v) is 11.1. The molecule has 1 aliphatic heterocycles. The van der Waals surface area contributed by atoms with Crippen LogP contribution in [0.2, 0.25) is 0 Å². The van der Waals surface area contributed by atoms with Crippen LogP contribution in [0.1, 0.15) is 12.1 Å². The van der Waals surface area contributed by atoms with Crippen molar-refractivity contribution in [2.75, 3.05) is 32.8 Å². The first kappa shape index (κ1) is 12.5. The average molecular weight is 257 g/mol. The normalized spacial score (nSPS) is 16.8. The zero-order valence-electron chi connectivity index (χ0n) is 11.1. The molecule has 0 spiro atoms. The number of hydrogen-bond donors (Lipinski definition) is 0. The van der Waals surface area contributed by atoms with E-state index in [1.54, 1.807) is 0 Å². The molecule has 1 aliphatic rings. The number of para-hydroxylation sites is 2. The molecule has 0 saturated carbocycles. The standard InChI is InChI=1S/C15H19N3O/c1-2-6-15-14(5-1)16-12-13(17-15)4-3-7-18-8-10-19-11-9-18/h1-2,5-6,12H,3-4,7-11H2. The highest BCUT2D eigenvalue weighted by molar-refractivity contribution is 5.73. The summed E-state index contributed by atoms with van der Waals surface area (Å²) in [6.07, 6.45) is 4.03. The second kappa shape index (κ2) is 6.08. The molecule has 1 aromatic heterocycles. The van der Waals surface area contributed by atoms with Gasteiger partial charge in [0.2, 0.25) is 0 Å². The summed E-state index contributed by atoms with van der Waals surface area (Å²) >= 11 is 0. The lowest BCUT2D eigenvalue weighted by Gasteiger charge is -2.26. The van der Waals surface area contributed by atoms with Gasteiger partial charge in [0, 0.05) is 19.3 Å². The van der Waals surface area contributed by atoms with Crippen LogP contribution in [0, 0.1) is 0 Å². The van der Waals surface area contributed by atoms with Gasteiger partial charge in [0.15, 0.2) is 0 Å². The summed E-state index contributed by atoms with van der Waals surface area (Å²) in [6, 6.07) is 8.03. The molecule has 1 aromatic carbocycles. The highest BCUT2D eigenvalue weighted by atomic mass is 16.5. The summed E-state index contributed by atoms with van der Waals surface area (Å²) < 4.78 is 5.35. The van der Waals surface area contributed by atoms with Crippen molar-refractivity contribution < 1.29 is 4.74 Å². The number of nitrogens with zero attached hydrogens (tertiary/aromatic N) is 3. The SMILES string of the molecule is c1ccc2nc(CCCN3CCOCC3)cnc2c1. The summed E-state index contributed by atoms with van der Waals surface area (Å²) in [4.78, 5) is 11.6. The predicted molar refractivity (Wildman–Crippen MR) is 75.1 cm³/mol. The maximum atomic E-state index is 5.35. The van der Waals surface area contributed by atoms with Crippen LogP contribution in [0.3, 0.4) is 0 Å². The minimum atomic E-state index is 0.871. The number of ether oxygens (including phenoxy) is 1. The first-order valence-electron chi connectivity index (χ1n) is 6.92. The van der Waals surface area contributed by atoms with Crippen LogP contribution in [-0.4, -0.2) is 47.7 Å². The van der Waals surface area contributed by atoms with Crippen LogP contribution in [0.4, 0.5) is 0 Å². The molecule has 4 heteroatoms. The Morgan fingerprint density at radius 2 is 1.89 bits per heavy atom. The maximum absolute atomic E-state index is 5.35. The summed E-state index contributed by atoms with van der Waals surface area (Å²) in [5, 5.41) is 0. The third-order valence-electron chi connectivity index (χ3n) is 3.51. The molecule has 4 nitrogen and oxygen atoms in total. The van der Waals surface area contributed by atoms with Gasteiger partial charge in [0.1, 0.15) is 0 Å². The molecule has 2 aromatic rings. The fourth-order valence-electron chi connectivity index (χ4n) is 2.42. The molecule has 1 saturated heterocycles. The largest absolute Gasteiger partial charge is 0.379 e. The van der Waals surface area contributed by atoms with Gasteiger partial charge in [-0.25, -0.2) is 4.98 Å². The Bertz CT molecular complexity index is 538. The molecule has 0 bridgehead atoms. The second-order valence-electron chi connectivity index (χ2n) is 4.91. The molecule has 100 valence electrons. The Kier molecular flexibility index (Phi) is 4.01. The van der Waals surface area contributed by atoms with E-state index in [9.17, 15) is 0 Å². The minimum Gasteiger partial charge on any atom is -0.379 e. The number of aryl methyl sites for hydroxylation is 1. The van der Waals surface area contributed by atoms with Gasteiger partial charge in [-0.1, -0.05) is 12.1 Å². The van der Waals surface area contributed by atoms with Crippen molar-refractivity contribution in [3.8, 4) is 0 Å². The van der Waals surface area contributed by atoms with Crippen LogP contribution < -0.4 is 0 Å². The molecule has 0 unspecified atom stereocenters. The van der Waals surface area contributed by atoms with Crippen LogP contribution in [0.5, 0.6) is 0 Å². The topological polar surface area (TPSA) is 38.2 Å². The molecule has 0 aliphatic carbocycles. The summed E-state index contributed by atoms with van der Waals surface area (Å²) in [7, 11) is 0. The number of fused-ring (bicyclic) bond motifs is 1. The van der Waals surface area contributed by atoms with Crippen molar-refractivity contribution in [1.29, 1.82) is 0 Å². The van der Waals surface area contributed by atoms with Gasteiger partial charge < -0.3 is 4.74 Å². The lowest BCUT2D eigenvalue weighted by Crippen LogP contribution is -2.36. The number of aromatic nitrogens is 2. The lowest BCUT2D eigenvalue weighted by molar-refractivity contribution is 0.0374. The van der Waals surface area contributed by atoms with Crippen LogP contribution >= 0.6 is 0 Å². The smallest absolute Gasteiger partial charge is 0.0890 e.